The van der Waals surface area contributed by atoms with Crippen LogP contribution in [0.3, 0.4) is 0 Å². The van der Waals surface area contributed by atoms with E-state index in [1.54, 1.807) is 6.20 Å². The summed E-state index contributed by atoms with van der Waals surface area (Å²) in [6.45, 7) is 0. The van der Waals surface area contributed by atoms with E-state index in [2.05, 4.69) is 123 Å². The smallest absolute Gasteiger partial charge is 0.137 e. The van der Waals surface area contributed by atoms with Gasteiger partial charge in [0.1, 0.15) is 5.82 Å². The number of fused-ring (bicyclic) bond motifs is 8. The lowest BCUT2D eigenvalue weighted by molar-refractivity contribution is 1.08. The van der Waals surface area contributed by atoms with Crippen LogP contribution >= 0.6 is 0 Å². The minimum Gasteiger partial charge on any atom is -0.294 e. The Morgan fingerprint density at radius 2 is 1.18 bits per heavy atom. The second-order valence-corrected chi connectivity index (χ2v) is 12.2. The van der Waals surface area contributed by atoms with Crippen molar-refractivity contribution in [2.75, 3.05) is 0 Å². The van der Waals surface area contributed by atoms with Gasteiger partial charge in [-0.2, -0.15) is 0 Å². The first kappa shape index (κ1) is 27.3. The quantitative estimate of drug-likeness (QED) is 0.182. The number of aromatic nitrogens is 6. The molecule has 10 aromatic rings. The molecule has 0 unspecified atom stereocenters. The van der Waals surface area contributed by atoms with Gasteiger partial charge in [-0.25, -0.2) is 4.98 Å². The van der Waals surface area contributed by atoms with Crippen LogP contribution in [0.25, 0.3) is 93.7 Å². The molecule has 0 bridgehead atoms. The van der Waals surface area contributed by atoms with Crippen molar-refractivity contribution in [3.8, 4) is 39.3 Å². The van der Waals surface area contributed by atoms with Gasteiger partial charge in [0.05, 0.1) is 27.8 Å². The van der Waals surface area contributed by atoms with Crippen molar-refractivity contribution in [3.05, 3.63) is 159 Å². The predicted molar refractivity (Wildman–Crippen MR) is 199 cm³/mol. The van der Waals surface area contributed by atoms with Crippen molar-refractivity contribution < 1.29 is 0 Å². The molecule has 0 radical (unpaired) electrons. The molecule has 0 aliphatic heterocycles. The average Bonchev–Trinajstić information content (AvgIpc) is 3.52. The fraction of sp³-hybridized carbons (Fsp3) is 0. The lowest BCUT2D eigenvalue weighted by Gasteiger charge is -2.10. The maximum Gasteiger partial charge on any atom is 0.137 e. The van der Waals surface area contributed by atoms with Crippen LogP contribution in [0.2, 0.25) is 0 Å². The van der Waals surface area contributed by atoms with Crippen molar-refractivity contribution in [1.29, 1.82) is 0 Å². The summed E-state index contributed by atoms with van der Waals surface area (Å²) >= 11 is 0. The molecular weight excluding hydrogens is 601 g/mol. The molecule has 4 aromatic carbocycles. The van der Waals surface area contributed by atoms with E-state index < -0.39 is 0 Å². The van der Waals surface area contributed by atoms with Crippen LogP contribution < -0.4 is 0 Å². The molecule has 6 nitrogen and oxygen atoms in total. The van der Waals surface area contributed by atoms with E-state index in [0.717, 1.165) is 77.6 Å². The highest BCUT2D eigenvalue weighted by molar-refractivity contribution is 6.21. The van der Waals surface area contributed by atoms with E-state index in [1.165, 1.54) is 16.2 Å². The van der Waals surface area contributed by atoms with Gasteiger partial charge in [0.2, 0.25) is 0 Å². The Labute approximate surface area is 281 Å². The first-order chi connectivity index (χ1) is 24.3. The Kier molecular flexibility index (Phi) is 6.08. The highest BCUT2D eigenvalue weighted by atomic mass is 15.1. The summed E-state index contributed by atoms with van der Waals surface area (Å²) in [6.07, 6.45) is 11.2. The third kappa shape index (κ3) is 4.38. The zero-order chi connectivity index (χ0) is 32.3. The molecule has 0 spiro atoms. The summed E-state index contributed by atoms with van der Waals surface area (Å²) in [5, 5.41) is 6.90. The van der Waals surface area contributed by atoms with Crippen LogP contribution in [0, 0.1) is 0 Å². The van der Waals surface area contributed by atoms with Gasteiger partial charge < -0.3 is 0 Å². The van der Waals surface area contributed by atoms with Crippen LogP contribution in [0.5, 0.6) is 0 Å². The first-order valence-electron chi connectivity index (χ1n) is 16.2. The molecular formula is C43H26N6. The molecule has 6 aromatic heterocycles. The Morgan fingerprint density at radius 1 is 0.429 bits per heavy atom. The third-order valence-electron chi connectivity index (χ3n) is 9.46. The fourth-order valence-corrected chi connectivity index (χ4v) is 7.16. The van der Waals surface area contributed by atoms with Crippen molar-refractivity contribution in [2.45, 2.75) is 0 Å². The molecule has 0 saturated heterocycles. The van der Waals surface area contributed by atoms with Crippen LogP contribution in [0.15, 0.2) is 159 Å². The molecule has 0 aliphatic carbocycles. The van der Waals surface area contributed by atoms with Crippen LogP contribution in [0.1, 0.15) is 0 Å². The maximum absolute atomic E-state index is 5.00. The summed E-state index contributed by atoms with van der Waals surface area (Å²) in [5.41, 5.74) is 10.2. The van der Waals surface area contributed by atoms with Gasteiger partial charge in [-0.05, 0) is 77.0 Å². The summed E-state index contributed by atoms with van der Waals surface area (Å²) in [5.74, 6) is 0.866. The van der Waals surface area contributed by atoms with E-state index in [9.17, 15) is 0 Å². The largest absolute Gasteiger partial charge is 0.294 e. The van der Waals surface area contributed by atoms with Gasteiger partial charge in [-0.15, -0.1) is 0 Å². The molecule has 10 rings (SSSR count). The van der Waals surface area contributed by atoms with Crippen molar-refractivity contribution >= 4 is 54.4 Å². The molecule has 0 atom stereocenters. The van der Waals surface area contributed by atoms with Gasteiger partial charge in [0, 0.05) is 81.0 Å². The minimum absolute atomic E-state index is 0.866. The Morgan fingerprint density at radius 3 is 2.04 bits per heavy atom. The lowest BCUT2D eigenvalue weighted by Crippen LogP contribution is -1.97. The number of pyridine rings is 5. The molecule has 0 amide bonds. The molecule has 0 fully saturated rings. The van der Waals surface area contributed by atoms with Gasteiger partial charge in [-0.3, -0.25) is 24.5 Å². The molecule has 0 aliphatic rings. The zero-order valence-electron chi connectivity index (χ0n) is 26.2. The molecule has 6 heteroatoms. The normalized spacial score (nSPS) is 11.7. The second kappa shape index (κ2) is 10.9. The van der Waals surface area contributed by atoms with Gasteiger partial charge >= 0.3 is 0 Å². The number of hydrogen-bond acceptors (Lipinski definition) is 5. The second-order valence-electron chi connectivity index (χ2n) is 12.2. The fourth-order valence-electron chi connectivity index (χ4n) is 7.16. The van der Waals surface area contributed by atoms with Crippen LogP contribution in [0.4, 0.5) is 0 Å². The molecule has 0 saturated carbocycles. The third-order valence-corrected chi connectivity index (χ3v) is 9.46. The van der Waals surface area contributed by atoms with Crippen molar-refractivity contribution in [1.82, 2.24) is 29.5 Å². The Hall–Kier alpha value is -6.79. The van der Waals surface area contributed by atoms with Crippen LogP contribution in [-0.4, -0.2) is 29.5 Å². The lowest BCUT2D eigenvalue weighted by atomic mass is 9.98. The highest BCUT2D eigenvalue weighted by Crippen LogP contribution is 2.39. The van der Waals surface area contributed by atoms with Crippen LogP contribution in [-0.2, 0) is 0 Å². The standard InChI is InChI=1S/C43H26N6/c1-2-9-33-27(6-1)12-17-39-41(33)36-22-28(13-16-38(36)49(39)40-18-14-31(25-48-40)30-8-3-19-44-24-30)37-15-11-32(26-47-37)35-23-29-7-4-20-45-42(29)43-34(35)10-5-21-46-43/h1-26H. The topological polar surface area (TPSA) is 69.4 Å². The Bertz CT molecular complexity index is 2860. The molecule has 6 heterocycles. The number of hydrogen-bond donors (Lipinski definition) is 0. The van der Waals surface area contributed by atoms with E-state index in [1.807, 2.05) is 49.2 Å². The minimum atomic E-state index is 0.866. The average molecular weight is 627 g/mol. The number of nitrogens with zero attached hydrogens (tertiary/aromatic N) is 6. The number of benzene rings is 4. The number of rotatable bonds is 4. The van der Waals surface area contributed by atoms with E-state index >= 15 is 0 Å². The van der Waals surface area contributed by atoms with E-state index in [0.29, 0.717) is 0 Å². The summed E-state index contributed by atoms with van der Waals surface area (Å²) in [6, 6.07) is 42.4. The van der Waals surface area contributed by atoms with Gasteiger partial charge in [0.15, 0.2) is 0 Å². The van der Waals surface area contributed by atoms with Gasteiger partial charge in [0.25, 0.3) is 0 Å². The monoisotopic (exact) mass is 626 g/mol. The highest BCUT2D eigenvalue weighted by Gasteiger charge is 2.17. The zero-order valence-corrected chi connectivity index (χ0v) is 26.2. The van der Waals surface area contributed by atoms with E-state index in [-0.39, 0.29) is 0 Å². The molecule has 49 heavy (non-hydrogen) atoms. The predicted octanol–water partition coefficient (Wildman–Crippen LogP) is 10.2. The van der Waals surface area contributed by atoms with Gasteiger partial charge in [-0.1, -0.05) is 60.7 Å². The van der Waals surface area contributed by atoms with Crippen molar-refractivity contribution in [2.24, 2.45) is 0 Å². The molecule has 0 N–H and O–H groups in total. The summed E-state index contributed by atoms with van der Waals surface area (Å²) in [7, 11) is 0. The molecule has 228 valence electrons. The SMILES string of the molecule is c1cncc(-c2ccc(-n3c4ccc(-c5ccc(-c6cc7cccnc7c7ncccc67)cn5)cc4c4c5ccccc5ccc43)nc2)c1. The van der Waals surface area contributed by atoms with E-state index in [4.69, 9.17) is 9.97 Å². The first-order valence-corrected chi connectivity index (χ1v) is 16.2. The summed E-state index contributed by atoms with van der Waals surface area (Å²) < 4.78 is 2.26. The van der Waals surface area contributed by atoms with Crippen molar-refractivity contribution in [3.63, 3.8) is 0 Å². The Balaban J connectivity index is 1.12. The maximum atomic E-state index is 5.00. The summed E-state index contributed by atoms with van der Waals surface area (Å²) in [4.78, 5) is 23.5.